The largest absolute Gasteiger partial charge is 0.253 e. The lowest BCUT2D eigenvalue weighted by Gasteiger charge is -2.03. The molecule has 0 saturated heterocycles. The van der Waals surface area contributed by atoms with Gasteiger partial charge in [0.2, 0.25) is 0 Å². The van der Waals surface area contributed by atoms with Gasteiger partial charge in [-0.25, -0.2) is 0 Å². The Morgan fingerprint density at radius 3 is 2.25 bits per heavy atom. The fourth-order valence-corrected chi connectivity index (χ4v) is 1.95. The van der Waals surface area contributed by atoms with Gasteiger partial charge in [0.05, 0.1) is 10.8 Å². The van der Waals surface area contributed by atoms with Crippen molar-refractivity contribution in [3.8, 4) is 0 Å². The second-order valence-corrected chi connectivity index (χ2v) is 5.34. The van der Waals surface area contributed by atoms with Gasteiger partial charge in [-0.3, -0.25) is 4.21 Å². The maximum absolute atomic E-state index is 11.4. The van der Waals surface area contributed by atoms with Crippen LogP contribution in [0.1, 0.15) is 12.5 Å². The lowest BCUT2D eigenvalue weighted by Crippen LogP contribution is -2.02. The Labute approximate surface area is 80.2 Å². The molecule has 0 fully saturated rings. The van der Waals surface area contributed by atoms with E-state index in [9.17, 15) is 4.21 Å². The first-order chi connectivity index (χ1) is 5.61. The molecule has 0 bridgehead atoms. The molecule has 12 heavy (non-hydrogen) atoms. The van der Waals surface area contributed by atoms with E-state index in [0.29, 0.717) is 0 Å². The van der Waals surface area contributed by atoms with Gasteiger partial charge in [0.1, 0.15) is 4.71 Å². The highest BCUT2D eigenvalue weighted by molar-refractivity contribution is 7.87. The predicted octanol–water partition coefficient (Wildman–Crippen LogP) is 2.69. The molecule has 1 nitrogen and oxygen atoms in total. The van der Waals surface area contributed by atoms with E-state index >= 15 is 0 Å². The second-order valence-electron chi connectivity index (χ2n) is 2.65. The van der Waals surface area contributed by atoms with Crippen molar-refractivity contribution in [3.63, 3.8) is 0 Å². The van der Waals surface area contributed by atoms with Crippen LogP contribution in [-0.2, 0) is 10.8 Å². The highest BCUT2D eigenvalue weighted by Gasteiger charge is 2.08. The van der Waals surface area contributed by atoms with E-state index in [-0.39, 0.29) is 4.71 Å². The third-order valence-corrected chi connectivity index (χ3v) is 3.36. The summed E-state index contributed by atoms with van der Waals surface area (Å²) in [6, 6.07) is 7.58. The standard InChI is InChI=1S/C9H11ClOS/c1-7-3-5-9(6-4-7)12(11)8(2)10/h3-6,8H,1-2H3/t8-,12-/m1/s1. The molecular weight excluding hydrogens is 192 g/mol. The lowest BCUT2D eigenvalue weighted by molar-refractivity contribution is 0.682. The van der Waals surface area contributed by atoms with Crippen LogP contribution in [-0.4, -0.2) is 8.92 Å². The summed E-state index contributed by atoms with van der Waals surface area (Å²) in [6.07, 6.45) is 0. The molecule has 1 rings (SSSR count). The van der Waals surface area contributed by atoms with Crippen LogP contribution in [0.4, 0.5) is 0 Å². The summed E-state index contributed by atoms with van der Waals surface area (Å²) in [5, 5.41) is 0. The minimum atomic E-state index is -1.08. The maximum atomic E-state index is 11.4. The van der Waals surface area contributed by atoms with Gasteiger partial charge in [-0.05, 0) is 26.0 Å². The van der Waals surface area contributed by atoms with Crippen LogP contribution >= 0.6 is 11.6 Å². The Hall–Kier alpha value is -0.340. The molecule has 0 amide bonds. The fraction of sp³-hybridized carbons (Fsp3) is 0.333. The van der Waals surface area contributed by atoms with E-state index in [0.717, 1.165) is 10.5 Å². The van der Waals surface area contributed by atoms with Crippen molar-refractivity contribution < 1.29 is 4.21 Å². The molecule has 2 atom stereocenters. The molecule has 0 N–H and O–H groups in total. The number of alkyl halides is 1. The van der Waals surface area contributed by atoms with Gasteiger partial charge in [-0.2, -0.15) is 0 Å². The van der Waals surface area contributed by atoms with Crippen molar-refractivity contribution in [1.29, 1.82) is 0 Å². The van der Waals surface area contributed by atoms with Crippen LogP contribution in [0.3, 0.4) is 0 Å². The van der Waals surface area contributed by atoms with Crippen molar-refractivity contribution >= 4 is 22.4 Å². The molecule has 0 saturated carbocycles. The molecule has 3 heteroatoms. The predicted molar refractivity (Wildman–Crippen MR) is 52.9 cm³/mol. The molecule has 1 aromatic carbocycles. The summed E-state index contributed by atoms with van der Waals surface area (Å²) < 4.78 is 11.1. The second kappa shape index (κ2) is 4.06. The summed E-state index contributed by atoms with van der Waals surface area (Å²) in [7, 11) is -1.08. The molecule has 1 aromatic rings. The third-order valence-electron chi connectivity index (χ3n) is 1.55. The SMILES string of the molecule is Cc1ccc([S@](=O)[C@H](C)Cl)cc1. The van der Waals surface area contributed by atoms with Gasteiger partial charge in [-0.1, -0.05) is 17.7 Å². The van der Waals surface area contributed by atoms with E-state index in [4.69, 9.17) is 11.6 Å². The van der Waals surface area contributed by atoms with Crippen molar-refractivity contribution in [2.75, 3.05) is 0 Å². The van der Waals surface area contributed by atoms with Crippen molar-refractivity contribution in [1.82, 2.24) is 0 Å². The van der Waals surface area contributed by atoms with Crippen LogP contribution in [0.5, 0.6) is 0 Å². The Bertz CT molecular complexity index is 279. The summed E-state index contributed by atoms with van der Waals surface area (Å²) in [6.45, 7) is 3.73. The summed E-state index contributed by atoms with van der Waals surface area (Å²) in [4.78, 5) is 0.795. The van der Waals surface area contributed by atoms with Crippen LogP contribution in [0.2, 0.25) is 0 Å². The Kier molecular flexibility index (Phi) is 3.29. The lowest BCUT2D eigenvalue weighted by atomic mass is 10.2. The van der Waals surface area contributed by atoms with Gasteiger partial charge < -0.3 is 0 Å². The molecule has 0 aliphatic carbocycles. The number of aryl methyl sites for hydroxylation is 1. The first-order valence-electron chi connectivity index (χ1n) is 3.72. The van der Waals surface area contributed by atoms with E-state index in [1.807, 2.05) is 31.2 Å². The van der Waals surface area contributed by atoms with Crippen molar-refractivity contribution in [2.45, 2.75) is 23.5 Å². The normalized spacial score (nSPS) is 15.6. The molecule has 0 aliphatic rings. The molecule has 0 aromatic heterocycles. The molecule has 0 heterocycles. The first-order valence-corrected chi connectivity index (χ1v) is 5.37. The molecular formula is C9H11ClOS. The topological polar surface area (TPSA) is 17.1 Å². The van der Waals surface area contributed by atoms with Gasteiger partial charge in [0.15, 0.2) is 0 Å². The van der Waals surface area contributed by atoms with Gasteiger partial charge in [0.25, 0.3) is 0 Å². The van der Waals surface area contributed by atoms with E-state index in [1.165, 1.54) is 0 Å². The average Bonchev–Trinajstić information content (AvgIpc) is 2.04. The zero-order chi connectivity index (χ0) is 9.14. The minimum absolute atomic E-state index is 0.326. The van der Waals surface area contributed by atoms with E-state index < -0.39 is 10.8 Å². The van der Waals surface area contributed by atoms with Crippen molar-refractivity contribution in [3.05, 3.63) is 29.8 Å². The highest BCUT2D eigenvalue weighted by Crippen LogP contribution is 2.14. The van der Waals surface area contributed by atoms with Crippen LogP contribution in [0, 0.1) is 6.92 Å². The number of rotatable bonds is 2. The molecule has 0 unspecified atom stereocenters. The number of halogens is 1. The van der Waals surface area contributed by atoms with Gasteiger partial charge in [-0.15, -0.1) is 11.6 Å². The molecule has 0 spiro atoms. The Balaban J connectivity index is 2.90. The summed E-state index contributed by atoms with van der Waals surface area (Å²) in [5.41, 5.74) is 1.16. The first kappa shape index (κ1) is 9.75. The maximum Gasteiger partial charge on any atom is 0.110 e. The summed E-state index contributed by atoms with van der Waals surface area (Å²) in [5.74, 6) is 0. The average molecular weight is 203 g/mol. The molecule has 0 aliphatic heterocycles. The van der Waals surface area contributed by atoms with Crippen LogP contribution in [0.15, 0.2) is 29.2 Å². The quantitative estimate of drug-likeness (QED) is 0.674. The Morgan fingerprint density at radius 2 is 1.83 bits per heavy atom. The third kappa shape index (κ3) is 2.32. The monoisotopic (exact) mass is 202 g/mol. The van der Waals surface area contributed by atoms with E-state index in [2.05, 4.69) is 0 Å². The number of hydrogen-bond acceptors (Lipinski definition) is 1. The van der Waals surface area contributed by atoms with Gasteiger partial charge in [0, 0.05) is 4.90 Å². The number of benzene rings is 1. The zero-order valence-electron chi connectivity index (χ0n) is 7.08. The molecule has 66 valence electrons. The minimum Gasteiger partial charge on any atom is -0.253 e. The van der Waals surface area contributed by atoms with Crippen LogP contribution < -0.4 is 0 Å². The van der Waals surface area contributed by atoms with Gasteiger partial charge >= 0.3 is 0 Å². The number of hydrogen-bond donors (Lipinski definition) is 0. The summed E-state index contributed by atoms with van der Waals surface area (Å²) >= 11 is 5.70. The van der Waals surface area contributed by atoms with E-state index in [1.54, 1.807) is 6.92 Å². The molecule has 0 radical (unpaired) electrons. The highest BCUT2D eigenvalue weighted by atomic mass is 35.5. The zero-order valence-corrected chi connectivity index (χ0v) is 8.65. The smallest absolute Gasteiger partial charge is 0.110 e. The van der Waals surface area contributed by atoms with Crippen molar-refractivity contribution in [2.24, 2.45) is 0 Å². The van der Waals surface area contributed by atoms with Crippen LogP contribution in [0.25, 0.3) is 0 Å². The Morgan fingerprint density at radius 1 is 1.33 bits per heavy atom. The fourth-order valence-electron chi connectivity index (χ4n) is 0.860.